The lowest BCUT2D eigenvalue weighted by Gasteiger charge is -2.08. The minimum Gasteiger partial charge on any atom is -0.392 e. The zero-order valence-corrected chi connectivity index (χ0v) is 12.5. The first kappa shape index (κ1) is 14.3. The van der Waals surface area contributed by atoms with Crippen LogP contribution in [-0.4, -0.2) is 21.0 Å². The van der Waals surface area contributed by atoms with Gasteiger partial charge in [-0.25, -0.2) is 0 Å². The number of carbonyl (C=O) groups excluding carboxylic acids is 1. The Morgan fingerprint density at radius 1 is 1.32 bits per heavy atom. The number of nitrogens with one attached hydrogen (secondary N) is 2. The van der Waals surface area contributed by atoms with E-state index in [1.165, 1.54) is 6.20 Å². The summed E-state index contributed by atoms with van der Waals surface area (Å²) in [5.41, 5.74) is 4.66. The number of hydrogen-bond donors (Lipinski definition) is 3. The maximum atomic E-state index is 12.5. The van der Waals surface area contributed by atoms with E-state index in [1.54, 1.807) is 12.3 Å². The predicted octanol–water partition coefficient (Wildman–Crippen LogP) is 2.92. The minimum absolute atomic E-state index is 0.150. The van der Waals surface area contributed by atoms with E-state index in [4.69, 9.17) is 0 Å². The minimum atomic E-state index is -0.242. The van der Waals surface area contributed by atoms with Gasteiger partial charge in [-0.05, 0) is 37.6 Å². The van der Waals surface area contributed by atoms with Crippen LogP contribution in [0.4, 0.5) is 5.69 Å². The van der Waals surface area contributed by atoms with Gasteiger partial charge in [0, 0.05) is 22.7 Å². The molecule has 3 rings (SSSR count). The number of rotatable bonds is 3. The average Bonchev–Trinajstić information content (AvgIpc) is 2.85. The molecule has 1 aromatic carbocycles. The Labute approximate surface area is 128 Å². The molecule has 0 aliphatic rings. The number of carbonyl (C=O) groups is 1. The van der Waals surface area contributed by atoms with E-state index in [9.17, 15) is 9.90 Å². The number of fused-ring (bicyclic) bond motifs is 1. The van der Waals surface area contributed by atoms with Crippen LogP contribution in [0.5, 0.6) is 0 Å². The maximum Gasteiger partial charge on any atom is 0.272 e. The summed E-state index contributed by atoms with van der Waals surface area (Å²) < 4.78 is 0. The first-order chi connectivity index (χ1) is 10.6. The quantitative estimate of drug-likeness (QED) is 0.695. The van der Waals surface area contributed by atoms with Gasteiger partial charge in [-0.15, -0.1) is 0 Å². The number of aryl methyl sites for hydroxylation is 2. The van der Waals surface area contributed by atoms with Crippen molar-refractivity contribution in [2.75, 3.05) is 5.32 Å². The summed E-state index contributed by atoms with van der Waals surface area (Å²) in [4.78, 5) is 19.6. The van der Waals surface area contributed by atoms with Crippen molar-refractivity contribution in [1.82, 2.24) is 9.97 Å². The number of benzene rings is 1. The number of H-pyrrole nitrogens is 1. The second kappa shape index (κ2) is 5.61. The van der Waals surface area contributed by atoms with E-state index in [0.29, 0.717) is 16.9 Å². The van der Waals surface area contributed by atoms with Crippen LogP contribution in [0, 0.1) is 13.8 Å². The van der Waals surface area contributed by atoms with Crippen LogP contribution in [0.1, 0.15) is 27.2 Å². The molecule has 0 aliphatic carbocycles. The fourth-order valence-corrected chi connectivity index (χ4v) is 2.53. The molecule has 0 saturated heterocycles. The molecule has 22 heavy (non-hydrogen) atoms. The fourth-order valence-electron chi connectivity index (χ4n) is 2.53. The van der Waals surface area contributed by atoms with E-state index in [1.807, 2.05) is 26.0 Å². The molecule has 0 spiro atoms. The first-order valence-corrected chi connectivity index (χ1v) is 7.04. The van der Waals surface area contributed by atoms with E-state index in [-0.39, 0.29) is 12.5 Å². The SMILES string of the molecule is Cc1ccc2[nH]c(C(=O)Nc3cnccc3CO)c(C)c2c1. The van der Waals surface area contributed by atoms with Crippen LogP contribution in [-0.2, 0) is 6.61 Å². The summed E-state index contributed by atoms with van der Waals surface area (Å²) in [5, 5.41) is 13.2. The standard InChI is InChI=1S/C17H17N3O2/c1-10-3-4-14-13(7-10)11(2)16(19-14)17(22)20-15-8-18-6-5-12(15)9-21/h3-8,19,21H,9H2,1-2H3,(H,20,22). The number of nitrogens with zero attached hydrogens (tertiary/aromatic N) is 1. The summed E-state index contributed by atoms with van der Waals surface area (Å²) in [6.07, 6.45) is 3.11. The molecule has 2 aromatic heterocycles. The second-order valence-corrected chi connectivity index (χ2v) is 5.32. The van der Waals surface area contributed by atoms with Crippen molar-refractivity contribution in [3.63, 3.8) is 0 Å². The van der Waals surface area contributed by atoms with Crippen LogP contribution in [0.25, 0.3) is 10.9 Å². The fraction of sp³-hybridized carbons (Fsp3) is 0.176. The highest BCUT2D eigenvalue weighted by molar-refractivity contribution is 6.08. The Bertz CT molecular complexity index is 852. The molecule has 3 N–H and O–H groups in total. The number of pyridine rings is 1. The van der Waals surface area contributed by atoms with Gasteiger partial charge < -0.3 is 15.4 Å². The number of aromatic amines is 1. The number of anilines is 1. The number of aromatic nitrogens is 2. The van der Waals surface area contributed by atoms with Gasteiger partial charge in [-0.2, -0.15) is 0 Å². The number of aliphatic hydroxyl groups excluding tert-OH is 1. The van der Waals surface area contributed by atoms with Crippen LogP contribution < -0.4 is 5.32 Å². The van der Waals surface area contributed by atoms with Crippen molar-refractivity contribution in [1.29, 1.82) is 0 Å². The highest BCUT2D eigenvalue weighted by atomic mass is 16.3. The average molecular weight is 295 g/mol. The second-order valence-electron chi connectivity index (χ2n) is 5.32. The molecule has 5 nitrogen and oxygen atoms in total. The summed E-state index contributed by atoms with van der Waals surface area (Å²) in [6, 6.07) is 7.71. The van der Waals surface area contributed by atoms with Crippen LogP contribution in [0.3, 0.4) is 0 Å². The van der Waals surface area contributed by atoms with Crippen molar-refractivity contribution in [3.05, 3.63) is 59.0 Å². The maximum absolute atomic E-state index is 12.5. The third-order valence-corrected chi connectivity index (χ3v) is 3.77. The molecule has 2 heterocycles. The molecule has 0 aliphatic heterocycles. The molecule has 0 saturated carbocycles. The first-order valence-electron chi connectivity index (χ1n) is 7.04. The van der Waals surface area contributed by atoms with E-state index in [2.05, 4.69) is 21.4 Å². The highest BCUT2D eigenvalue weighted by Gasteiger charge is 2.16. The largest absolute Gasteiger partial charge is 0.392 e. The number of aliphatic hydroxyl groups is 1. The van der Waals surface area contributed by atoms with Crippen LogP contribution in [0.2, 0.25) is 0 Å². The number of hydrogen-bond acceptors (Lipinski definition) is 3. The lowest BCUT2D eigenvalue weighted by Crippen LogP contribution is -2.15. The summed E-state index contributed by atoms with van der Waals surface area (Å²) in [7, 11) is 0. The topological polar surface area (TPSA) is 78.0 Å². The molecule has 0 fully saturated rings. The lowest BCUT2D eigenvalue weighted by molar-refractivity contribution is 0.102. The van der Waals surface area contributed by atoms with Crippen LogP contribution >= 0.6 is 0 Å². The van der Waals surface area contributed by atoms with E-state index < -0.39 is 0 Å². The van der Waals surface area contributed by atoms with Gasteiger partial charge in [0.2, 0.25) is 0 Å². The molecular formula is C17H17N3O2. The smallest absolute Gasteiger partial charge is 0.272 e. The monoisotopic (exact) mass is 295 g/mol. The molecule has 0 bridgehead atoms. The lowest BCUT2D eigenvalue weighted by atomic mass is 10.1. The molecule has 0 radical (unpaired) electrons. The Hall–Kier alpha value is -2.66. The Balaban J connectivity index is 1.97. The van der Waals surface area contributed by atoms with E-state index in [0.717, 1.165) is 22.0 Å². The third kappa shape index (κ3) is 2.46. The zero-order valence-electron chi connectivity index (χ0n) is 12.5. The molecule has 0 atom stereocenters. The highest BCUT2D eigenvalue weighted by Crippen LogP contribution is 2.24. The molecular weight excluding hydrogens is 278 g/mol. The summed E-state index contributed by atoms with van der Waals surface area (Å²) in [5.74, 6) is -0.242. The van der Waals surface area contributed by atoms with Crippen molar-refractivity contribution in [3.8, 4) is 0 Å². The molecule has 5 heteroatoms. The van der Waals surface area contributed by atoms with Crippen molar-refractivity contribution >= 4 is 22.5 Å². The van der Waals surface area contributed by atoms with Gasteiger partial charge in [-0.1, -0.05) is 11.6 Å². The van der Waals surface area contributed by atoms with Crippen LogP contribution in [0.15, 0.2) is 36.7 Å². The zero-order chi connectivity index (χ0) is 15.7. The van der Waals surface area contributed by atoms with Gasteiger partial charge in [0.25, 0.3) is 5.91 Å². The van der Waals surface area contributed by atoms with Gasteiger partial charge in [0.1, 0.15) is 5.69 Å². The van der Waals surface area contributed by atoms with Gasteiger partial charge >= 0.3 is 0 Å². The van der Waals surface area contributed by atoms with Crippen molar-refractivity contribution < 1.29 is 9.90 Å². The Morgan fingerprint density at radius 2 is 2.14 bits per heavy atom. The Morgan fingerprint density at radius 3 is 2.91 bits per heavy atom. The van der Waals surface area contributed by atoms with E-state index >= 15 is 0 Å². The van der Waals surface area contributed by atoms with Gasteiger partial charge in [0.05, 0.1) is 18.5 Å². The third-order valence-electron chi connectivity index (χ3n) is 3.77. The summed E-state index contributed by atoms with van der Waals surface area (Å²) >= 11 is 0. The van der Waals surface area contributed by atoms with Crippen molar-refractivity contribution in [2.45, 2.75) is 20.5 Å². The van der Waals surface area contributed by atoms with Gasteiger partial charge in [-0.3, -0.25) is 9.78 Å². The molecule has 112 valence electrons. The number of amides is 1. The summed E-state index contributed by atoms with van der Waals surface area (Å²) in [6.45, 7) is 3.79. The van der Waals surface area contributed by atoms with Crippen molar-refractivity contribution in [2.24, 2.45) is 0 Å². The molecule has 1 amide bonds. The Kier molecular flexibility index (Phi) is 3.65. The normalized spacial score (nSPS) is 10.9. The predicted molar refractivity (Wildman–Crippen MR) is 85.9 cm³/mol. The molecule has 3 aromatic rings. The van der Waals surface area contributed by atoms with Gasteiger partial charge in [0.15, 0.2) is 0 Å². The molecule has 0 unspecified atom stereocenters.